The van der Waals surface area contributed by atoms with Gasteiger partial charge in [0.2, 0.25) is 0 Å². The highest BCUT2D eigenvalue weighted by Gasteiger charge is 2.11. The molecule has 0 fully saturated rings. The molecule has 0 aliphatic carbocycles. The highest BCUT2D eigenvalue weighted by atomic mass is 79.9. The molecule has 0 amide bonds. The smallest absolute Gasteiger partial charge is 0.133 e. The van der Waals surface area contributed by atoms with Gasteiger partial charge in [-0.15, -0.1) is 23.5 Å². The van der Waals surface area contributed by atoms with Gasteiger partial charge in [-0.05, 0) is 72.2 Å². The average molecular weight is 747 g/mol. The molecule has 0 bridgehead atoms. The Morgan fingerprint density at radius 2 is 0.714 bits per heavy atom. The summed E-state index contributed by atoms with van der Waals surface area (Å²) in [5.41, 5.74) is 0. The van der Waals surface area contributed by atoms with E-state index in [0.29, 0.717) is 0 Å². The van der Waals surface area contributed by atoms with Crippen molar-refractivity contribution in [3.63, 3.8) is 0 Å². The second-order valence-corrected chi connectivity index (χ2v) is 15.4. The van der Waals surface area contributed by atoms with E-state index in [1.54, 1.807) is 14.2 Å². The van der Waals surface area contributed by atoms with Gasteiger partial charge in [0.05, 0.1) is 14.2 Å². The molecular weight excluding hydrogens is 688 g/mol. The third-order valence-electron chi connectivity index (χ3n) is 7.98. The number of unbranched alkanes of at least 4 members (excludes halogenated alkanes) is 18. The maximum atomic E-state index is 5.79. The van der Waals surface area contributed by atoms with Crippen LogP contribution >= 0.6 is 55.4 Å². The number of hydrogen-bond acceptors (Lipinski definition) is 4. The van der Waals surface area contributed by atoms with Crippen LogP contribution in [0.3, 0.4) is 0 Å². The zero-order chi connectivity index (χ0) is 30.1. The van der Waals surface area contributed by atoms with E-state index >= 15 is 0 Å². The highest BCUT2D eigenvalue weighted by molar-refractivity contribution is 9.09. The largest absolute Gasteiger partial charge is 0.496 e. The lowest BCUT2D eigenvalue weighted by Gasteiger charge is -2.14. The van der Waals surface area contributed by atoms with Crippen molar-refractivity contribution in [2.24, 2.45) is 0 Å². The summed E-state index contributed by atoms with van der Waals surface area (Å²) in [6.07, 6.45) is 27.4. The third kappa shape index (κ3) is 16.9. The molecule has 0 aromatic heterocycles. The van der Waals surface area contributed by atoms with E-state index in [4.69, 9.17) is 9.47 Å². The number of halogens is 2. The van der Waals surface area contributed by atoms with E-state index in [9.17, 15) is 0 Å². The number of ether oxygens (including phenoxy) is 2. The van der Waals surface area contributed by atoms with Gasteiger partial charge in [-0.25, -0.2) is 0 Å². The fourth-order valence-corrected chi connectivity index (χ4v) is 8.32. The summed E-state index contributed by atoms with van der Waals surface area (Å²) < 4.78 is 11.6. The Morgan fingerprint density at radius 1 is 0.429 bits per heavy atom. The fraction of sp³-hybridized carbons (Fsp3) is 0.722. The lowest BCUT2D eigenvalue weighted by molar-refractivity contribution is 0.403. The van der Waals surface area contributed by atoms with E-state index in [0.717, 1.165) is 33.7 Å². The number of benzene rings is 2. The number of rotatable bonds is 28. The maximum absolute atomic E-state index is 5.79. The van der Waals surface area contributed by atoms with Gasteiger partial charge < -0.3 is 9.47 Å². The molecule has 2 aromatic rings. The predicted octanol–water partition coefficient (Wildman–Crippen LogP) is 13.6. The second kappa shape index (κ2) is 26.2. The number of hydrogen-bond donors (Lipinski definition) is 0. The van der Waals surface area contributed by atoms with Crippen molar-refractivity contribution in [1.29, 1.82) is 0 Å². The summed E-state index contributed by atoms with van der Waals surface area (Å²) in [4.78, 5) is 2.52. The SMILES string of the molecule is COc1cc2cc(OC)c(SCCCCCCCCCCCCBr)cc2cc1SCCCCCCCCCCCCBr. The number of fused-ring (bicyclic) bond motifs is 1. The van der Waals surface area contributed by atoms with Crippen molar-refractivity contribution < 1.29 is 9.47 Å². The summed E-state index contributed by atoms with van der Waals surface area (Å²) in [7, 11) is 3.58. The molecule has 0 atom stereocenters. The normalized spacial score (nSPS) is 11.4. The highest BCUT2D eigenvalue weighted by Crippen LogP contribution is 2.39. The quantitative estimate of drug-likeness (QED) is 0.0490. The summed E-state index contributed by atoms with van der Waals surface area (Å²) in [5, 5.41) is 4.79. The van der Waals surface area contributed by atoms with Crippen LogP contribution in [0.25, 0.3) is 10.8 Å². The zero-order valence-electron chi connectivity index (χ0n) is 26.7. The molecule has 0 unspecified atom stereocenters. The van der Waals surface area contributed by atoms with E-state index < -0.39 is 0 Å². The molecule has 0 aliphatic rings. The first-order valence-corrected chi connectivity index (χ1v) is 21.0. The van der Waals surface area contributed by atoms with Crippen molar-refractivity contribution in [2.45, 2.75) is 138 Å². The van der Waals surface area contributed by atoms with Crippen LogP contribution in [0.15, 0.2) is 34.1 Å². The van der Waals surface area contributed by atoms with E-state index in [1.165, 1.54) is 149 Å². The number of alkyl halides is 2. The third-order valence-corrected chi connectivity index (χ3v) is 11.3. The summed E-state index contributed by atoms with van der Waals surface area (Å²) in [6.45, 7) is 0. The Hall–Kier alpha value is -0.0400. The Bertz CT molecular complexity index is 869. The standard InChI is InChI=1S/C36H58Br2O2S2/c1-39-33-27-31-28-34(40-2)36(42-26-22-18-14-10-6-4-8-12-16-20-24-38)30-32(31)29-35(33)41-25-21-17-13-9-5-3-7-11-15-19-23-37/h27-30H,3-26H2,1-2H3. The minimum atomic E-state index is 0.980. The lowest BCUT2D eigenvalue weighted by Crippen LogP contribution is -1.92. The van der Waals surface area contributed by atoms with Crippen molar-refractivity contribution in [1.82, 2.24) is 0 Å². The Labute approximate surface area is 284 Å². The van der Waals surface area contributed by atoms with E-state index in [1.807, 2.05) is 23.5 Å². The van der Waals surface area contributed by atoms with Gasteiger partial charge in [-0.2, -0.15) is 0 Å². The van der Waals surface area contributed by atoms with E-state index in [2.05, 4.69) is 56.1 Å². The lowest BCUT2D eigenvalue weighted by atomic mass is 10.1. The molecule has 2 rings (SSSR count). The topological polar surface area (TPSA) is 18.5 Å². The molecule has 2 aromatic carbocycles. The fourth-order valence-electron chi connectivity index (χ4n) is 5.40. The zero-order valence-corrected chi connectivity index (χ0v) is 31.5. The van der Waals surface area contributed by atoms with Crippen molar-refractivity contribution in [3.8, 4) is 11.5 Å². The molecule has 42 heavy (non-hydrogen) atoms. The van der Waals surface area contributed by atoms with E-state index in [-0.39, 0.29) is 0 Å². The van der Waals surface area contributed by atoms with Crippen LogP contribution in [-0.4, -0.2) is 36.4 Å². The molecule has 6 heteroatoms. The minimum absolute atomic E-state index is 0.980. The first-order chi connectivity index (χ1) is 20.7. The second-order valence-electron chi connectivity index (χ2n) is 11.5. The maximum Gasteiger partial charge on any atom is 0.133 e. The Morgan fingerprint density at radius 3 is 1.02 bits per heavy atom. The molecule has 0 aliphatic heterocycles. The number of methoxy groups -OCH3 is 2. The van der Waals surface area contributed by atoms with Crippen LogP contribution in [0.2, 0.25) is 0 Å². The average Bonchev–Trinajstić information content (AvgIpc) is 3.01. The van der Waals surface area contributed by atoms with Crippen molar-refractivity contribution >= 4 is 66.2 Å². The molecule has 240 valence electrons. The van der Waals surface area contributed by atoms with Crippen molar-refractivity contribution in [3.05, 3.63) is 24.3 Å². The molecular formula is C36H58Br2O2S2. The Balaban J connectivity index is 1.71. The van der Waals surface area contributed by atoms with Gasteiger partial charge in [-0.3, -0.25) is 0 Å². The van der Waals surface area contributed by atoms with Crippen LogP contribution < -0.4 is 9.47 Å². The Kier molecular flexibility index (Phi) is 23.8. The molecule has 2 nitrogen and oxygen atoms in total. The van der Waals surface area contributed by atoms with Gasteiger partial charge in [0.15, 0.2) is 0 Å². The summed E-state index contributed by atoms with van der Waals surface area (Å²) in [6, 6.07) is 9.04. The van der Waals surface area contributed by atoms with Crippen LogP contribution in [0.1, 0.15) is 128 Å². The summed E-state index contributed by atoms with van der Waals surface area (Å²) >= 11 is 10.9. The van der Waals surface area contributed by atoms with Crippen LogP contribution in [0, 0.1) is 0 Å². The molecule has 0 N–H and O–H groups in total. The molecule has 0 radical (unpaired) electrons. The van der Waals surface area contributed by atoms with Crippen LogP contribution in [0.5, 0.6) is 11.5 Å². The molecule has 0 heterocycles. The molecule has 0 saturated carbocycles. The summed E-state index contributed by atoms with van der Waals surface area (Å²) in [5.74, 6) is 4.27. The van der Waals surface area contributed by atoms with Gasteiger partial charge in [-0.1, -0.05) is 135 Å². The number of thioether (sulfide) groups is 2. The van der Waals surface area contributed by atoms with Crippen LogP contribution in [0.4, 0.5) is 0 Å². The molecule has 0 saturated heterocycles. The first kappa shape index (κ1) is 38.1. The van der Waals surface area contributed by atoms with Crippen LogP contribution in [-0.2, 0) is 0 Å². The predicted molar refractivity (Wildman–Crippen MR) is 198 cm³/mol. The van der Waals surface area contributed by atoms with Gasteiger partial charge >= 0.3 is 0 Å². The molecule has 0 spiro atoms. The van der Waals surface area contributed by atoms with Crippen molar-refractivity contribution in [2.75, 3.05) is 36.4 Å². The van der Waals surface area contributed by atoms with Gasteiger partial charge in [0.25, 0.3) is 0 Å². The minimum Gasteiger partial charge on any atom is -0.496 e. The monoisotopic (exact) mass is 744 g/mol. The van der Waals surface area contributed by atoms with Gasteiger partial charge in [0, 0.05) is 20.5 Å². The first-order valence-electron chi connectivity index (χ1n) is 16.8. The van der Waals surface area contributed by atoms with Gasteiger partial charge in [0.1, 0.15) is 11.5 Å².